The number of rotatable bonds is 7. The minimum Gasteiger partial charge on any atom is -0.464 e. The second kappa shape index (κ2) is 7.74. The molecule has 2 amide bonds. The molecule has 0 bridgehead atoms. The van der Waals surface area contributed by atoms with Crippen LogP contribution in [0.3, 0.4) is 0 Å². The second-order valence-electron chi connectivity index (χ2n) is 7.66. The average Bonchev–Trinajstić information content (AvgIpc) is 3.13. The first-order chi connectivity index (χ1) is 12.8. The first-order valence-electron chi connectivity index (χ1n) is 9.19. The predicted molar refractivity (Wildman–Crippen MR) is 102 cm³/mol. The molecule has 1 saturated heterocycles. The van der Waals surface area contributed by atoms with Crippen LogP contribution in [0.5, 0.6) is 0 Å². The van der Waals surface area contributed by atoms with E-state index in [0.717, 1.165) is 17.4 Å². The van der Waals surface area contributed by atoms with Crippen LogP contribution < -0.4 is 5.32 Å². The number of furan rings is 1. The van der Waals surface area contributed by atoms with E-state index in [9.17, 15) is 19.6 Å². The monoisotopic (exact) mass is 372 g/mol. The Labute approximate surface area is 158 Å². The van der Waals surface area contributed by atoms with E-state index in [0.29, 0.717) is 18.5 Å². The molecule has 144 valence electrons. The standard InChI is InChI=1S/C19H25BN2O5/c1-19(2)9-7-18(24)22(19)10-8-17(23)21-16(20(25)26)11-13-12-27-15-6-4-3-5-14(13)15/h3-6,12,16,25-26H,7-11H2,1-2H3,(H,21,23)/t16-/m0/s1. The Morgan fingerprint density at radius 1 is 1.37 bits per heavy atom. The van der Waals surface area contributed by atoms with Crippen LogP contribution >= 0.6 is 0 Å². The van der Waals surface area contributed by atoms with Gasteiger partial charge in [-0.25, -0.2) is 0 Å². The molecule has 2 heterocycles. The van der Waals surface area contributed by atoms with Gasteiger partial charge in [0.25, 0.3) is 0 Å². The molecule has 3 N–H and O–H groups in total. The number of carbonyl (C=O) groups is 2. The topological polar surface area (TPSA) is 103 Å². The van der Waals surface area contributed by atoms with E-state index in [1.54, 1.807) is 11.2 Å². The van der Waals surface area contributed by atoms with Crippen LogP contribution in [0.15, 0.2) is 34.9 Å². The lowest BCUT2D eigenvalue weighted by atomic mass is 9.76. The Morgan fingerprint density at radius 3 is 2.78 bits per heavy atom. The van der Waals surface area contributed by atoms with Gasteiger partial charge in [0, 0.05) is 30.3 Å². The molecule has 8 heteroatoms. The highest BCUT2D eigenvalue weighted by atomic mass is 16.4. The number of nitrogens with one attached hydrogen (secondary N) is 1. The first-order valence-corrected chi connectivity index (χ1v) is 9.19. The zero-order valence-corrected chi connectivity index (χ0v) is 15.6. The smallest absolute Gasteiger partial charge is 0.464 e. The Morgan fingerprint density at radius 2 is 2.11 bits per heavy atom. The van der Waals surface area contributed by atoms with Crippen LogP contribution in [0.25, 0.3) is 11.0 Å². The molecule has 1 aliphatic heterocycles. The number of fused-ring (bicyclic) bond motifs is 1. The van der Waals surface area contributed by atoms with E-state index < -0.39 is 13.1 Å². The SMILES string of the molecule is CC1(C)CCC(=O)N1CCC(=O)N[C@@H](Cc1coc2ccccc12)B(O)O. The van der Waals surface area contributed by atoms with Gasteiger partial charge in [0.05, 0.1) is 12.2 Å². The molecule has 1 atom stereocenters. The highest BCUT2D eigenvalue weighted by Gasteiger charge is 2.37. The Kier molecular flexibility index (Phi) is 5.57. The summed E-state index contributed by atoms with van der Waals surface area (Å²) >= 11 is 0. The molecule has 1 aromatic heterocycles. The zero-order chi connectivity index (χ0) is 19.6. The third-order valence-corrected chi connectivity index (χ3v) is 5.25. The quantitative estimate of drug-likeness (QED) is 0.635. The molecule has 0 radical (unpaired) electrons. The highest BCUT2D eigenvalue weighted by Crippen LogP contribution is 2.29. The van der Waals surface area contributed by atoms with Gasteiger partial charge in [0.1, 0.15) is 5.58 Å². The average molecular weight is 372 g/mol. The molecule has 2 aromatic rings. The number of benzene rings is 1. The summed E-state index contributed by atoms with van der Waals surface area (Å²) in [6.45, 7) is 4.29. The molecule has 3 rings (SSSR count). The second-order valence-corrected chi connectivity index (χ2v) is 7.66. The first kappa shape index (κ1) is 19.4. The van der Waals surface area contributed by atoms with Crippen LogP contribution in [-0.4, -0.2) is 51.9 Å². The van der Waals surface area contributed by atoms with Gasteiger partial charge in [-0.05, 0) is 38.3 Å². The molecule has 0 unspecified atom stereocenters. The van der Waals surface area contributed by atoms with Gasteiger partial charge in [0.15, 0.2) is 0 Å². The van der Waals surface area contributed by atoms with Crippen LogP contribution in [0.1, 0.15) is 38.7 Å². The van der Waals surface area contributed by atoms with E-state index in [-0.39, 0.29) is 30.2 Å². The molecule has 1 aliphatic rings. The summed E-state index contributed by atoms with van der Waals surface area (Å²) in [7, 11) is -1.70. The number of nitrogens with zero attached hydrogens (tertiary/aromatic N) is 1. The van der Waals surface area contributed by atoms with Crippen molar-refractivity contribution < 1.29 is 24.1 Å². The van der Waals surface area contributed by atoms with Gasteiger partial charge in [0.2, 0.25) is 11.8 Å². The number of para-hydroxylation sites is 1. The van der Waals surface area contributed by atoms with Crippen molar-refractivity contribution in [3.8, 4) is 0 Å². The summed E-state index contributed by atoms with van der Waals surface area (Å²) in [6, 6.07) is 7.45. The van der Waals surface area contributed by atoms with Gasteiger partial charge in [-0.3, -0.25) is 9.59 Å². The fourth-order valence-corrected chi connectivity index (χ4v) is 3.60. The van der Waals surface area contributed by atoms with Crippen molar-refractivity contribution >= 4 is 29.9 Å². The number of hydrogen-bond donors (Lipinski definition) is 3. The maximum absolute atomic E-state index is 12.3. The van der Waals surface area contributed by atoms with E-state index in [4.69, 9.17) is 4.42 Å². The summed E-state index contributed by atoms with van der Waals surface area (Å²) in [5, 5.41) is 22.9. The summed E-state index contributed by atoms with van der Waals surface area (Å²) in [6.07, 6.45) is 3.19. The molecule has 7 nitrogen and oxygen atoms in total. The van der Waals surface area contributed by atoms with Crippen molar-refractivity contribution in [3.05, 3.63) is 36.1 Å². The molecule has 0 saturated carbocycles. The lowest BCUT2D eigenvalue weighted by molar-refractivity contribution is -0.131. The minimum atomic E-state index is -1.70. The number of likely N-dealkylation sites (tertiary alicyclic amines) is 1. The summed E-state index contributed by atoms with van der Waals surface area (Å²) < 4.78 is 5.46. The third-order valence-electron chi connectivity index (χ3n) is 5.25. The lowest BCUT2D eigenvalue weighted by Crippen LogP contribution is -2.49. The van der Waals surface area contributed by atoms with Crippen molar-refractivity contribution in [2.75, 3.05) is 6.54 Å². The molecule has 1 aromatic carbocycles. The minimum absolute atomic E-state index is 0.0522. The van der Waals surface area contributed by atoms with Crippen molar-refractivity contribution in [2.24, 2.45) is 0 Å². The lowest BCUT2D eigenvalue weighted by Gasteiger charge is -2.31. The van der Waals surface area contributed by atoms with E-state index >= 15 is 0 Å². The van der Waals surface area contributed by atoms with Crippen LogP contribution in [0, 0.1) is 0 Å². The Hall–Kier alpha value is -2.32. The molecule has 0 aliphatic carbocycles. The number of carbonyl (C=O) groups excluding carboxylic acids is 2. The Balaban J connectivity index is 1.61. The van der Waals surface area contributed by atoms with E-state index in [1.807, 2.05) is 38.1 Å². The summed E-state index contributed by atoms with van der Waals surface area (Å²) in [4.78, 5) is 26.0. The summed E-state index contributed by atoms with van der Waals surface area (Å²) in [5.41, 5.74) is 1.25. The zero-order valence-electron chi connectivity index (χ0n) is 15.6. The third kappa shape index (κ3) is 4.34. The van der Waals surface area contributed by atoms with Gasteiger partial charge in [-0.15, -0.1) is 0 Å². The normalized spacial score (nSPS) is 17.3. The maximum atomic E-state index is 12.3. The van der Waals surface area contributed by atoms with Gasteiger partial charge in [-0.2, -0.15) is 0 Å². The van der Waals surface area contributed by atoms with Crippen molar-refractivity contribution in [2.45, 2.75) is 51.0 Å². The van der Waals surface area contributed by atoms with Gasteiger partial charge >= 0.3 is 7.12 Å². The van der Waals surface area contributed by atoms with Crippen LogP contribution in [0.4, 0.5) is 0 Å². The van der Waals surface area contributed by atoms with Crippen LogP contribution in [-0.2, 0) is 16.0 Å². The molecular formula is C19H25BN2O5. The molecule has 1 fully saturated rings. The maximum Gasteiger partial charge on any atom is 0.475 e. The van der Waals surface area contributed by atoms with Crippen LogP contribution in [0.2, 0.25) is 0 Å². The van der Waals surface area contributed by atoms with E-state index in [1.165, 1.54) is 0 Å². The fourth-order valence-electron chi connectivity index (χ4n) is 3.60. The van der Waals surface area contributed by atoms with Gasteiger partial charge in [-0.1, -0.05) is 18.2 Å². The Bertz CT molecular complexity index is 832. The van der Waals surface area contributed by atoms with Crippen molar-refractivity contribution in [1.82, 2.24) is 10.2 Å². The van der Waals surface area contributed by atoms with Gasteiger partial charge < -0.3 is 24.7 Å². The molecule has 0 spiro atoms. The number of hydrogen-bond acceptors (Lipinski definition) is 5. The van der Waals surface area contributed by atoms with Crippen molar-refractivity contribution in [1.29, 1.82) is 0 Å². The largest absolute Gasteiger partial charge is 0.475 e. The predicted octanol–water partition coefficient (Wildman–Crippen LogP) is 1.26. The molecule has 27 heavy (non-hydrogen) atoms. The highest BCUT2D eigenvalue weighted by molar-refractivity contribution is 6.43. The van der Waals surface area contributed by atoms with E-state index in [2.05, 4.69) is 5.32 Å². The fraction of sp³-hybridized carbons (Fsp3) is 0.474. The summed E-state index contributed by atoms with van der Waals surface area (Å²) in [5.74, 6) is -1.13. The number of amides is 2. The van der Waals surface area contributed by atoms with Crippen molar-refractivity contribution in [3.63, 3.8) is 0 Å². The molecular weight excluding hydrogens is 347 g/mol.